The molecule has 0 heterocycles. The van der Waals surface area contributed by atoms with E-state index in [9.17, 15) is 8.42 Å². The standard InChI is InChI=1S/C13H22ClN3O2S/c1-9-7-11(14)12(15)8-13(9)20(18,19)16-10(2)5-6-17(3)4/h7-8,10,16H,5-6,15H2,1-4H3. The smallest absolute Gasteiger partial charge is 0.241 e. The number of aryl methyl sites for hydroxylation is 1. The fourth-order valence-electron chi connectivity index (χ4n) is 1.80. The molecule has 1 aromatic rings. The predicted molar refractivity (Wildman–Crippen MR) is 83.6 cm³/mol. The van der Waals surface area contributed by atoms with Crippen molar-refractivity contribution in [2.24, 2.45) is 0 Å². The molecule has 0 bridgehead atoms. The Morgan fingerprint density at radius 3 is 2.55 bits per heavy atom. The second-order valence-electron chi connectivity index (χ2n) is 5.25. The van der Waals surface area contributed by atoms with E-state index >= 15 is 0 Å². The summed E-state index contributed by atoms with van der Waals surface area (Å²) in [5.41, 5.74) is 6.53. The van der Waals surface area contributed by atoms with Gasteiger partial charge in [0.25, 0.3) is 0 Å². The van der Waals surface area contributed by atoms with Crippen LogP contribution in [-0.4, -0.2) is 40.0 Å². The molecule has 0 saturated heterocycles. The summed E-state index contributed by atoms with van der Waals surface area (Å²) in [6.45, 7) is 4.35. The molecule has 0 aromatic heterocycles. The average molecular weight is 320 g/mol. The molecule has 1 unspecified atom stereocenters. The van der Waals surface area contributed by atoms with Crippen LogP contribution in [0.15, 0.2) is 17.0 Å². The van der Waals surface area contributed by atoms with Crippen LogP contribution in [0.25, 0.3) is 0 Å². The fourth-order valence-corrected chi connectivity index (χ4v) is 3.55. The van der Waals surface area contributed by atoms with Crippen LogP contribution in [0.4, 0.5) is 5.69 Å². The van der Waals surface area contributed by atoms with E-state index in [-0.39, 0.29) is 16.6 Å². The largest absolute Gasteiger partial charge is 0.397 e. The van der Waals surface area contributed by atoms with Crippen LogP contribution in [0.5, 0.6) is 0 Å². The topological polar surface area (TPSA) is 75.4 Å². The number of anilines is 1. The molecule has 114 valence electrons. The van der Waals surface area contributed by atoms with Crippen LogP contribution in [0.2, 0.25) is 5.02 Å². The lowest BCUT2D eigenvalue weighted by atomic mass is 10.2. The predicted octanol–water partition coefficient (Wildman–Crippen LogP) is 1.85. The van der Waals surface area contributed by atoms with Crippen LogP contribution >= 0.6 is 11.6 Å². The summed E-state index contributed by atoms with van der Waals surface area (Å²) in [5.74, 6) is 0. The molecular formula is C13H22ClN3O2S. The van der Waals surface area contributed by atoms with E-state index in [0.717, 1.165) is 13.0 Å². The van der Waals surface area contributed by atoms with Crippen molar-refractivity contribution in [1.82, 2.24) is 9.62 Å². The van der Waals surface area contributed by atoms with Crippen molar-refractivity contribution in [3.05, 3.63) is 22.7 Å². The zero-order chi connectivity index (χ0) is 15.5. The molecule has 20 heavy (non-hydrogen) atoms. The number of hydrogen-bond acceptors (Lipinski definition) is 4. The van der Waals surface area contributed by atoms with Gasteiger partial charge in [-0.2, -0.15) is 0 Å². The molecule has 1 rings (SSSR count). The highest BCUT2D eigenvalue weighted by molar-refractivity contribution is 7.89. The molecule has 0 saturated carbocycles. The van der Waals surface area contributed by atoms with E-state index in [1.165, 1.54) is 6.07 Å². The first-order chi connectivity index (χ1) is 9.13. The number of nitrogens with two attached hydrogens (primary N) is 1. The van der Waals surface area contributed by atoms with Gasteiger partial charge in [0.2, 0.25) is 10.0 Å². The number of nitrogens with one attached hydrogen (secondary N) is 1. The third-order valence-electron chi connectivity index (χ3n) is 2.95. The highest BCUT2D eigenvalue weighted by Gasteiger charge is 2.20. The number of halogens is 1. The zero-order valence-corrected chi connectivity index (χ0v) is 13.8. The molecule has 0 aliphatic rings. The summed E-state index contributed by atoms with van der Waals surface area (Å²) < 4.78 is 27.4. The third-order valence-corrected chi connectivity index (χ3v) is 5.01. The minimum absolute atomic E-state index is 0.154. The van der Waals surface area contributed by atoms with E-state index in [2.05, 4.69) is 4.72 Å². The average Bonchev–Trinajstić information content (AvgIpc) is 2.30. The van der Waals surface area contributed by atoms with Crippen molar-refractivity contribution < 1.29 is 8.42 Å². The maximum absolute atomic E-state index is 12.3. The minimum Gasteiger partial charge on any atom is -0.397 e. The molecule has 1 aromatic carbocycles. The van der Waals surface area contributed by atoms with Gasteiger partial charge in [0, 0.05) is 6.04 Å². The number of hydrogen-bond donors (Lipinski definition) is 2. The van der Waals surface area contributed by atoms with Gasteiger partial charge in [-0.3, -0.25) is 0 Å². The molecule has 0 aliphatic heterocycles. The van der Waals surface area contributed by atoms with E-state index in [0.29, 0.717) is 10.6 Å². The minimum atomic E-state index is -3.58. The summed E-state index contributed by atoms with van der Waals surface area (Å²) in [7, 11) is 0.315. The Kier molecular flexibility index (Phi) is 5.82. The van der Waals surface area contributed by atoms with Crippen LogP contribution in [0, 0.1) is 6.92 Å². The molecule has 0 aliphatic carbocycles. The number of nitrogen functional groups attached to an aromatic ring is 1. The summed E-state index contributed by atoms with van der Waals surface area (Å²) in [6.07, 6.45) is 0.731. The van der Waals surface area contributed by atoms with E-state index in [1.54, 1.807) is 13.0 Å². The molecule has 0 amide bonds. The molecule has 7 heteroatoms. The van der Waals surface area contributed by atoms with Gasteiger partial charge in [-0.15, -0.1) is 0 Å². The highest BCUT2D eigenvalue weighted by atomic mass is 35.5. The van der Waals surface area contributed by atoms with Gasteiger partial charge in [0.15, 0.2) is 0 Å². The van der Waals surface area contributed by atoms with Gasteiger partial charge in [0.05, 0.1) is 15.6 Å². The van der Waals surface area contributed by atoms with E-state index in [4.69, 9.17) is 17.3 Å². The van der Waals surface area contributed by atoms with Crippen molar-refractivity contribution in [2.45, 2.75) is 31.2 Å². The number of sulfonamides is 1. The van der Waals surface area contributed by atoms with Crippen LogP contribution in [-0.2, 0) is 10.0 Å². The molecule has 0 radical (unpaired) electrons. The first kappa shape index (κ1) is 17.2. The van der Waals surface area contributed by atoms with Gasteiger partial charge >= 0.3 is 0 Å². The summed E-state index contributed by atoms with van der Waals surface area (Å²) in [4.78, 5) is 2.19. The Morgan fingerprint density at radius 1 is 1.40 bits per heavy atom. The third kappa shape index (κ3) is 4.63. The maximum atomic E-state index is 12.3. The molecule has 3 N–H and O–H groups in total. The van der Waals surface area contributed by atoms with Crippen LogP contribution in [0.3, 0.4) is 0 Å². The van der Waals surface area contributed by atoms with Crippen molar-refractivity contribution in [3.8, 4) is 0 Å². The van der Waals surface area contributed by atoms with Crippen LogP contribution < -0.4 is 10.5 Å². The van der Waals surface area contributed by atoms with Crippen LogP contribution in [0.1, 0.15) is 18.9 Å². The molecule has 1 atom stereocenters. The summed E-state index contributed by atoms with van der Waals surface area (Å²) >= 11 is 5.88. The summed E-state index contributed by atoms with van der Waals surface area (Å²) in [6, 6.07) is 2.81. The van der Waals surface area contributed by atoms with Crippen molar-refractivity contribution >= 4 is 27.3 Å². The normalized spacial score (nSPS) is 13.7. The van der Waals surface area contributed by atoms with Crippen molar-refractivity contribution in [2.75, 3.05) is 26.4 Å². The number of benzene rings is 1. The van der Waals surface area contributed by atoms with Gasteiger partial charge in [0.1, 0.15) is 0 Å². The SMILES string of the molecule is Cc1cc(Cl)c(N)cc1S(=O)(=O)NC(C)CCN(C)C. The Hall–Kier alpha value is -0.820. The molecule has 0 fully saturated rings. The second-order valence-corrected chi connectivity index (χ2v) is 7.34. The van der Waals surface area contributed by atoms with Crippen molar-refractivity contribution in [3.63, 3.8) is 0 Å². The Morgan fingerprint density at radius 2 is 2.00 bits per heavy atom. The molecular weight excluding hydrogens is 298 g/mol. The Labute approximate surface area is 126 Å². The van der Waals surface area contributed by atoms with Gasteiger partial charge in [-0.25, -0.2) is 13.1 Å². The van der Waals surface area contributed by atoms with Gasteiger partial charge in [-0.1, -0.05) is 11.6 Å². The first-order valence-electron chi connectivity index (χ1n) is 6.36. The van der Waals surface area contributed by atoms with Gasteiger partial charge < -0.3 is 10.6 Å². The lowest BCUT2D eigenvalue weighted by molar-refractivity contribution is 0.379. The number of rotatable bonds is 6. The van der Waals surface area contributed by atoms with Crippen molar-refractivity contribution in [1.29, 1.82) is 0 Å². The lowest BCUT2D eigenvalue weighted by Crippen LogP contribution is -2.35. The Bertz CT molecular complexity index is 573. The monoisotopic (exact) mass is 319 g/mol. The molecule has 0 spiro atoms. The quantitative estimate of drug-likeness (QED) is 0.785. The Balaban J connectivity index is 2.92. The molecule has 5 nitrogen and oxygen atoms in total. The number of nitrogens with zero attached hydrogens (tertiary/aromatic N) is 1. The maximum Gasteiger partial charge on any atom is 0.241 e. The zero-order valence-electron chi connectivity index (χ0n) is 12.3. The lowest BCUT2D eigenvalue weighted by Gasteiger charge is -2.18. The van der Waals surface area contributed by atoms with E-state index in [1.807, 2.05) is 25.9 Å². The summed E-state index contributed by atoms with van der Waals surface area (Å²) in [5, 5.41) is 0.363. The fraction of sp³-hybridized carbons (Fsp3) is 0.538. The second kappa shape index (κ2) is 6.76. The highest BCUT2D eigenvalue weighted by Crippen LogP contribution is 2.26. The van der Waals surface area contributed by atoms with Gasteiger partial charge in [-0.05, 0) is 58.6 Å². The first-order valence-corrected chi connectivity index (χ1v) is 8.22. The van der Waals surface area contributed by atoms with E-state index < -0.39 is 10.0 Å².